The van der Waals surface area contributed by atoms with Crippen molar-refractivity contribution in [2.75, 3.05) is 25.2 Å². The lowest BCUT2D eigenvalue weighted by molar-refractivity contribution is -0.123. The van der Waals surface area contributed by atoms with Crippen LogP contribution in [0.2, 0.25) is 0 Å². The molecule has 25 heavy (non-hydrogen) atoms. The molecule has 1 atom stereocenters. The van der Waals surface area contributed by atoms with Crippen LogP contribution in [0, 0.1) is 0 Å². The first-order valence-corrected chi connectivity index (χ1v) is 8.08. The topological polar surface area (TPSA) is 67.9 Å². The largest absolute Gasteiger partial charge is 0.493 e. The van der Waals surface area contributed by atoms with E-state index in [4.69, 9.17) is 9.47 Å². The quantitative estimate of drug-likeness (QED) is 0.873. The highest BCUT2D eigenvalue weighted by Gasteiger charge is 2.31. The molecule has 1 aliphatic rings. The Labute approximate surface area is 146 Å². The molecule has 2 aromatic rings. The molecular weight excluding hydrogens is 320 g/mol. The number of ether oxygens (including phenoxy) is 2. The van der Waals surface area contributed by atoms with Gasteiger partial charge in [0.2, 0.25) is 5.91 Å². The number of hydrogen-bond donors (Lipinski definition) is 1. The lowest BCUT2D eigenvalue weighted by atomic mass is 10.2. The van der Waals surface area contributed by atoms with E-state index in [0.29, 0.717) is 18.0 Å². The highest BCUT2D eigenvalue weighted by Crippen LogP contribution is 2.25. The van der Waals surface area contributed by atoms with Crippen LogP contribution in [0.1, 0.15) is 6.42 Å². The fourth-order valence-corrected chi connectivity index (χ4v) is 2.81. The molecule has 0 aromatic heterocycles. The fraction of sp³-hybridized carbons (Fsp3) is 0.263. The van der Waals surface area contributed by atoms with Crippen molar-refractivity contribution in [3.05, 3.63) is 54.6 Å². The number of hydrogen-bond acceptors (Lipinski definition) is 4. The summed E-state index contributed by atoms with van der Waals surface area (Å²) in [6.45, 7) is 0.333. The highest BCUT2D eigenvalue weighted by molar-refractivity contribution is 5.96. The molecule has 1 fully saturated rings. The number of nitrogens with zero attached hydrogens (tertiary/aromatic N) is 1. The van der Waals surface area contributed by atoms with E-state index >= 15 is 0 Å². The monoisotopic (exact) mass is 340 g/mol. The Morgan fingerprint density at radius 3 is 2.52 bits per heavy atom. The zero-order valence-electron chi connectivity index (χ0n) is 14.0. The maximum Gasteiger partial charge on any atom is 0.258 e. The molecule has 1 aliphatic heterocycles. The van der Waals surface area contributed by atoms with Gasteiger partial charge in [-0.25, -0.2) is 0 Å². The number of para-hydroxylation sites is 3. The zero-order chi connectivity index (χ0) is 17.6. The summed E-state index contributed by atoms with van der Waals surface area (Å²) in [5.41, 5.74) is 0.842. The van der Waals surface area contributed by atoms with E-state index in [1.807, 2.05) is 42.5 Å². The van der Waals surface area contributed by atoms with Crippen molar-refractivity contribution in [1.82, 2.24) is 5.32 Å². The van der Waals surface area contributed by atoms with E-state index in [2.05, 4.69) is 5.32 Å². The van der Waals surface area contributed by atoms with Gasteiger partial charge >= 0.3 is 0 Å². The van der Waals surface area contributed by atoms with Crippen molar-refractivity contribution in [3.8, 4) is 11.5 Å². The molecule has 0 spiro atoms. The van der Waals surface area contributed by atoms with Crippen LogP contribution >= 0.6 is 0 Å². The van der Waals surface area contributed by atoms with Gasteiger partial charge in [0, 0.05) is 18.7 Å². The average molecular weight is 340 g/mol. The van der Waals surface area contributed by atoms with E-state index in [1.165, 1.54) is 0 Å². The Hall–Kier alpha value is -3.02. The van der Waals surface area contributed by atoms with Crippen molar-refractivity contribution in [2.45, 2.75) is 12.5 Å². The van der Waals surface area contributed by atoms with Crippen LogP contribution in [0.5, 0.6) is 11.5 Å². The first-order chi connectivity index (χ1) is 12.2. The third kappa shape index (κ3) is 4.09. The van der Waals surface area contributed by atoms with Gasteiger partial charge < -0.3 is 19.7 Å². The summed E-state index contributed by atoms with van der Waals surface area (Å²) in [5.74, 6) is 0.816. The van der Waals surface area contributed by atoms with Gasteiger partial charge in [-0.3, -0.25) is 9.59 Å². The molecule has 2 amide bonds. The van der Waals surface area contributed by atoms with Crippen LogP contribution in [-0.2, 0) is 9.59 Å². The van der Waals surface area contributed by atoms with Crippen LogP contribution in [-0.4, -0.2) is 38.1 Å². The second kappa shape index (κ2) is 7.70. The van der Waals surface area contributed by atoms with Crippen molar-refractivity contribution in [2.24, 2.45) is 0 Å². The number of rotatable bonds is 6. The van der Waals surface area contributed by atoms with E-state index in [-0.39, 0.29) is 30.9 Å². The molecule has 130 valence electrons. The normalized spacial score (nSPS) is 16.6. The molecule has 2 aromatic carbocycles. The van der Waals surface area contributed by atoms with Gasteiger partial charge in [-0.2, -0.15) is 0 Å². The number of methoxy groups -OCH3 is 1. The Bertz CT molecular complexity index is 748. The smallest absolute Gasteiger partial charge is 0.258 e. The summed E-state index contributed by atoms with van der Waals surface area (Å²) in [6, 6.07) is 16.4. The minimum absolute atomic E-state index is 0.00199. The van der Waals surface area contributed by atoms with Gasteiger partial charge in [0.05, 0.1) is 13.2 Å². The average Bonchev–Trinajstić information content (AvgIpc) is 3.01. The van der Waals surface area contributed by atoms with E-state index in [9.17, 15) is 9.59 Å². The summed E-state index contributed by atoms with van der Waals surface area (Å²) in [5, 5.41) is 2.85. The molecule has 6 nitrogen and oxygen atoms in total. The number of benzene rings is 2. The molecule has 0 radical (unpaired) electrons. The molecular formula is C19H20N2O4. The van der Waals surface area contributed by atoms with Crippen molar-refractivity contribution < 1.29 is 19.1 Å². The molecule has 6 heteroatoms. The van der Waals surface area contributed by atoms with Crippen LogP contribution in [0.4, 0.5) is 5.69 Å². The van der Waals surface area contributed by atoms with Gasteiger partial charge in [-0.05, 0) is 24.3 Å². The van der Waals surface area contributed by atoms with E-state index < -0.39 is 0 Å². The van der Waals surface area contributed by atoms with Gasteiger partial charge in [-0.1, -0.05) is 30.3 Å². The lowest BCUT2D eigenvalue weighted by Crippen LogP contribution is -2.39. The van der Waals surface area contributed by atoms with Gasteiger partial charge in [0.1, 0.15) is 0 Å². The Morgan fingerprint density at radius 1 is 1.12 bits per heavy atom. The van der Waals surface area contributed by atoms with Crippen molar-refractivity contribution >= 4 is 17.5 Å². The van der Waals surface area contributed by atoms with Crippen LogP contribution in [0.25, 0.3) is 0 Å². The number of amides is 2. The summed E-state index contributed by atoms with van der Waals surface area (Å²) >= 11 is 0. The maximum absolute atomic E-state index is 12.2. The number of carbonyl (C=O) groups excluding carboxylic acids is 2. The molecule has 1 heterocycles. The molecule has 0 saturated carbocycles. The van der Waals surface area contributed by atoms with Crippen LogP contribution in [0.15, 0.2) is 54.6 Å². The summed E-state index contributed by atoms with van der Waals surface area (Å²) in [4.78, 5) is 26.0. The summed E-state index contributed by atoms with van der Waals surface area (Å²) < 4.78 is 10.7. The summed E-state index contributed by atoms with van der Waals surface area (Å²) in [6.07, 6.45) is 0.287. The number of carbonyl (C=O) groups is 2. The van der Waals surface area contributed by atoms with Crippen molar-refractivity contribution in [1.29, 1.82) is 0 Å². The zero-order valence-corrected chi connectivity index (χ0v) is 14.0. The molecule has 1 unspecified atom stereocenters. The predicted molar refractivity (Wildman–Crippen MR) is 93.8 cm³/mol. The number of nitrogens with one attached hydrogen (secondary N) is 1. The second-order valence-corrected chi connectivity index (χ2v) is 5.75. The lowest BCUT2D eigenvalue weighted by Gasteiger charge is -2.17. The Morgan fingerprint density at radius 2 is 1.80 bits per heavy atom. The summed E-state index contributed by atoms with van der Waals surface area (Å²) in [7, 11) is 1.55. The number of anilines is 1. The Balaban J connectivity index is 1.53. The molecule has 1 N–H and O–H groups in total. The van der Waals surface area contributed by atoms with Crippen LogP contribution in [0.3, 0.4) is 0 Å². The third-order valence-corrected chi connectivity index (χ3v) is 3.99. The fourth-order valence-electron chi connectivity index (χ4n) is 2.81. The molecule has 1 saturated heterocycles. The van der Waals surface area contributed by atoms with E-state index in [0.717, 1.165) is 5.69 Å². The minimum Gasteiger partial charge on any atom is -0.493 e. The van der Waals surface area contributed by atoms with Gasteiger partial charge in [-0.15, -0.1) is 0 Å². The Kier molecular flexibility index (Phi) is 5.18. The standard InChI is InChI=1S/C19H20N2O4/c1-24-16-9-5-6-10-17(16)25-13-18(22)20-14-11-19(23)21(12-14)15-7-3-2-4-8-15/h2-10,14H,11-13H2,1H3,(H,20,22). The molecule has 0 aliphatic carbocycles. The third-order valence-electron chi connectivity index (χ3n) is 3.99. The van der Waals surface area contributed by atoms with Crippen molar-refractivity contribution in [3.63, 3.8) is 0 Å². The van der Waals surface area contributed by atoms with Gasteiger partial charge in [0.25, 0.3) is 5.91 Å². The maximum atomic E-state index is 12.2. The SMILES string of the molecule is COc1ccccc1OCC(=O)NC1CC(=O)N(c2ccccc2)C1. The highest BCUT2D eigenvalue weighted by atomic mass is 16.5. The minimum atomic E-state index is -0.265. The van der Waals surface area contributed by atoms with E-state index in [1.54, 1.807) is 24.1 Å². The molecule has 0 bridgehead atoms. The van der Waals surface area contributed by atoms with Crippen LogP contribution < -0.4 is 19.7 Å². The molecule has 3 rings (SSSR count). The predicted octanol–water partition coefficient (Wildman–Crippen LogP) is 2.00. The second-order valence-electron chi connectivity index (χ2n) is 5.75. The van der Waals surface area contributed by atoms with Gasteiger partial charge in [0.15, 0.2) is 18.1 Å². The first-order valence-electron chi connectivity index (χ1n) is 8.08. The first kappa shape index (κ1) is 16.8.